The van der Waals surface area contributed by atoms with Crippen LogP contribution < -0.4 is 0 Å². The minimum atomic E-state index is -2.47. The molecule has 0 aromatic carbocycles. The Kier molecular flexibility index (Phi) is 8.95. The summed E-state index contributed by atoms with van der Waals surface area (Å²) < 4.78 is 11.1. The Hall–Kier alpha value is -1.40. The number of fused-ring (bicyclic) bond motifs is 5. The summed E-state index contributed by atoms with van der Waals surface area (Å²) in [6.45, 7) is 19.2. The lowest BCUT2D eigenvalue weighted by Crippen LogP contribution is -2.51. The maximum absolute atomic E-state index is 13.1. The molecule has 4 rings (SSSR count). The number of rotatable bonds is 8. The maximum atomic E-state index is 13.1. The number of ether oxygens (including phenoxy) is 2. The molecule has 4 aliphatic rings. The Morgan fingerprint density at radius 2 is 1.85 bits per heavy atom. The predicted octanol–water partition coefficient (Wildman–Crippen LogP) is 7.99. The van der Waals surface area contributed by atoms with Gasteiger partial charge in [0.1, 0.15) is 6.10 Å². The average molecular weight is 573 g/mol. The van der Waals surface area contributed by atoms with Gasteiger partial charge in [-0.25, -0.2) is 4.79 Å². The first-order valence-electron chi connectivity index (χ1n) is 16.0. The van der Waals surface area contributed by atoms with Gasteiger partial charge in [-0.2, -0.15) is 0 Å². The van der Waals surface area contributed by atoms with Gasteiger partial charge in [-0.3, -0.25) is 4.79 Å². The molecular weight excluding hydrogens is 516 g/mol. The summed E-state index contributed by atoms with van der Waals surface area (Å²) in [6.07, 6.45) is 14.5. The van der Waals surface area contributed by atoms with Crippen LogP contribution in [0.2, 0.25) is 18.1 Å². The zero-order valence-electron chi connectivity index (χ0n) is 26.8. The number of carbonyl (C=O) groups is 2. The molecule has 0 amide bonds. The van der Waals surface area contributed by atoms with Gasteiger partial charge < -0.3 is 14.3 Å². The minimum Gasteiger partial charge on any atom is -0.463 e. The Morgan fingerprint density at radius 3 is 2.48 bits per heavy atom. The molecule has 0 bridgehead atoms. The van der Waals surface area contributed by atoms with E-state index < -0.39 is 8.32 Å². The summed E-state index contributed by atoms with van der Waals surface area (Å²) in [7, 11) is -2.47. The van der Waals surface area contributed by atoms with Crippen LogP contribution in [0.1, 0.15) is 106 Å². The van der Waals surface area contributed by atoms with Gasteiger partial charge in [0.05, 0.1) is 6.61 Å². The van der Waals surface area contributed by atoms with Crippen molar-refractivity contribution >= 4 is 20.3 Å². The zero-order valence-corrected chi connectivity index (χ0v) is 27.8. The summed E-state index contributed by atoms with van der Waals surface area (Å²) in [5, 5.41) is -0.318. The van der Waals surface area contributed by atoms with Crippen molar-refractivity contribution in [2.24, 2.45) is 40.4 Å². The highest BCUT2D eigenvalue weighted by atomic mass is 28.4. The lowest BCUT2D eigenvalue weighted by Gasteiger charge is -2.58. The van der Waals surface area contributed by atoms with Gasteiger partial charge in [-0.15, -0.1) is 0 Å². The van der Waals surface area contributed by atoms with E-state index in [1.807, 2.05) is 20.0 Å². The van der Waals surface area contributed by atoms with Gasteiger partial charge in [0, 0.05) is 18.9 Å². The summed E-state index contributed by atoms with van der Waals surface area (Å²) in [5.41, 5.74) is 2.79. The first-order valence-corrected chi connectivity index (χ1v) is 18.9. The van der Waals surface area contributed by atoms with Crippen LogP contribution in [0.3, 0.4) is 0 Å². The smallest absolute Gasteiger partial charge is 0.333 e. The molecule has 0 spiro atoms. The molecule has 0 aliphatic heterocycles. The predicted molar refractivity (Wildman–Crippen MR) is 163 cm³/mol. The molecule has 3 saturated carbocycles. The molecule has 0 aromatic heterocycles. The molecule has 0 radical (unpaired) electrons. The topological polar surface area (TPSA) is 72.8 Å². The number of hydrogen-bond acceptors (Lipinski definition) is 5. The number of esters is 2. The SMILES string of the molecule is CCOC(=O)/C(=C\[C@@H](C)[C@H]1CCC2C3CC=C4C[C@@H](OC(C)=O)CC[C@]4(C)C3CC[C@@]21C)CC(C)(C)[Si](C)(C)O. The first-order chi connectivity index (χ1) is 18.5. The van der Waals surface area contributed by atoms with Crippen LogP contribution in [0.5, 0.6) is 0 Å². The van der Waals surface area contributed by atoms with E-state index in [-0.39, 0.29) is 39.8 Å². The molecule has 0 aromatic rings. The van der Waals surface area contributed by atoms with E-state index in [1.165, 1.54) is 38.2 Å². The molecule has 8 atom stereocenters. The molecule has 1 N–H and O–H groups in total. The van der Waals surface area contributed by atoms with E-state index in [1.54, 1.807) is 0 Å². The van der Waals surface area contributed by atoms with Crippen LogP contribution in [-0.2, 0) is 19.1 Å². The van der Waals surface area contributed by atoms with Gasteiger partial charge in [-0.05, 0) is 117 Å². The van der Waals surface area contributed by atoms with Crippen molar-refractivity contribution in [3.63, 3.8) is 0 Å². The van der Waals surface area contributed by atoms with Crippen LogP contribution in [0, 0.1) is 40.4 Å². The standard InChI is InChI=1S/C34H56O5Si/c1-10-38-31(36)24(21-32(4,5)40(8,9)37)19-22(2)28-13-14-29-27-12-11-25-20-26(39-23(3)35)15-17-33(25,6)30(27)16-18-34(28,29)7/h11,19,22,26-30,37H,10,12-18,20-21H2,1-9H3/b24-19-/t22-,26+,27?,28-,29?,30?,33+,34-/m1/s1. The monoisotopic (exact) mass is 572 g/mol. The van der Waals surface area contributed by atoms with E-state index in [4.69, 9.17) is 9.47 Å². The van der Waals surface area contributed by atoms with Crippen molar-refractivity contribution in [1.82, 2.24) is 0 Å². The number of allylic oxidation sites excluding steroid dienone is 2. The third kappa shape index (κ3) is 5.78. The van der Waals surface area contributed by atoms with E-state index in [2.05, 4.69) is 46.8 Å². The van der Waals surface area contributed by atoms with Crippen molar-refractivity contribution in [1.29, 1.82) is 0 Å². The molecule has 3 fully saturated rings. The van der Waals surface area contributed by atoms with Gasteiger partial charge in [0.2, 0.25) is 0 Å². The molecule has 226 valence electrons. The second kappa shape index (κ2) is 11.4. The van der Waals surface area contributed by atoms with Crippen molar-refractivity contribution in [3.05, 3.63) is 23.3 Å². The third-order valence-corrected chi connectivity index (χ3v) is 15.9. The Bertz CT molecular complexity index is 1040. The fourth-order valence-corrected chi connectivity index (χ4v) is 10.0. The van der Waals surface area contributed by atoms with Crippen LogP contribution in [-0.4, -0.2) is 37.8 Å². The molecular formula is C34H56O5Si. The van der Waals surface area contributed by atoms with Crippen molar-refractivity contribution in [2.45, 2.75) is 130 Å². The maximum Gasteiger partial charge on any atom is 0.333 e. The molecule has 0 heterocycles. The lowest BCUT2D eigenvalue weighted by atomic mass is 9.47. The van der Waals surface area contributed by atoms with Gasteiger partial charge in [-0.1, -0.05) is 52.3 Å². The highest BCUT2D eigenvalue weighted by molar-refractivity contribution is 6.72. The number of hydrogen-bond donors (Lipinski definition) is 1. The quantitative estimate of drug-likeness (QED) is 0.138. The molecule has 40 heavy (non-hydrogen) atoms. The normalized spacial score (nSPS) is 37.0. The molecule has 6 heteroatoms. The van der Waals surface area contributed by atoms with E-state index in [0.717, 1.165) is 31.3 Å². The fraction of sp³-hybridized carbons (Fsp3) is 0.824. The Morgan fingerprint density at radius 1 is 1.15 bits per heavy atom. The largest absolute Gasteiger partial charge is 0.463 e. The van der Waals surface area contributed by atoms with Crippen molar-refractivity contribution in [3.8, 4) is 0 Å². The van der Waals surface area contributed by atoms with Crippen molar-refractivity contribution < 1.29 is 23.9 Å². The first kappa shape index (κ1) is 31.5. The third-order valence-electron chi connectivity index (χ3n) is 12.4. The van der Waals surface area contributed by atoms with E-state index in [0.29, 0.717) is 36.7 Å². The van der Waals surface area contributed by atoms with Crippen LogP contribution >= 0.6 is 0 Å². The summed E-state index contributed by atoms with van der Waals surface area (Å²) in [6, 6.07) is 0. The van der Waals surface area contributed by atoms with Crippen LogP contribution in [0.15, 0.2) is 23.3 Å². The zero-order chi connectivity index (χ0) is 29.7. The average Bonchev–Trinajstić information content (AvgIpc) is 3.20. The molecule has 4 aliphatic carbocycles. The highest BCUT2D eigenvalue weighted by Gasteiger charge is 2.59. The lowest BCUT2D eigenvalue weighted by molar-refractivity contribution is -0.148. The van der Waals surface area contributed by atoms with Crippen molar-refractivity contribution in [2.75, 3.05) is 6.61 Å². The summed E-state index contributed by atoms with van der Waals surface area (Å²) in [4.78, 5) is 35.6. The van der Waals surface area contributed by atoms with E-state index >= 15 is 0 Å². The van der Waals surface area contributed by atoms with Gasteiger partial charge in [0.25, 0.3) is 0 Å². The molecule has 0 saturated heterocycles. The molecule has 3 unspecified atom stereocenters. The highest BCUT2D eigenvalue weighted by Crippen LogP contribution is 2.67. The van der Waals surface area contributed by atoms with Crippen LogP contribution in [0.25, 0.3) is 0 Å². The molecule has 5 nitrogen and oxygen atoms in total. The fourth-order valence-electron chi connectivity index (χ4n) is 9.42. The Balaban J connectivity index is 1.55. The number of carbonyl (C=O) groups excluding carboxylic acids is 2. The summed E-state index contributed by atoms with van der Waals surface area (Å²) in [5.74, 6) is 2.58. The summed E-state index contributed by atoms with van der Waals surface area (Å²) >= 11 is 0. The van der Waals surface area contributed by atoms with Crippen LogP contribution in [0.4, 0.5) is 0 Å². The van der Waals surface area contributed by atoms with E-state index in [9.17, 15) is 14.4 Å². The Labute approximate surface area is 244 Å². The second-order valence-corrected chi connectivity index (χ2v) is 19.8. The van der Waals surface area contributed by atoms with Gasteiger partial charge >= 0.3 is 11.9 Å². The minimum absolute atomic E-state index is 0.0448. The van der Waals surface area contributed by atoms with Gasteiger partial charge in [0.15, 0.2) is 8.32 Å². The second-order valence-electron chi connectivity index (χ2n) is 15.4.